The minimum Gasteiger partial charge on any atom is -0.389 e. The smallest absolute Gasteiger partial charge is 0.129 e. The molecule has 0 radical (unpaired) electrons. The minimum absolute atomic E-state index is 0.315. The van der Waals surface area contributed by atoms with Crippen molar-refractivity contribution in [2.75, 3.05) is 6.54 Å². The summed E-state index contributed by atoms with van der Waals surface area (Å²) in [6.45, 7) is 4.63. The fourth-order valence-electron chi connectivity index (χ4n) is 1.69. The molecule has 0 aromatic heterocycles. The number of nitrogens with one attached hydrogen (secondary N) is 1. The Morgan fingerprint density at radius 2 is 2.06 bits per heavy atom. The van der Waals surface area contributed by atoms with Crippen molar-refractivity contribution in [1.82, 2.24) is 5.32 Å². The second-order valence-corrected chi connectivity index (χ2v) is 4.45. The van der Waals surface area contributed by atoms with Gasteiger partial charge in [-0.3, -0.25) is 0 Å². The Labute approximate surface area is 107 Å². The summed E-state index contributed by atoms with van der Waals surface area (Å²) in [5.74, 6) is -0.391. The molecular weight excluding hydrogens is 231 g/mol. The van der Waals surface area contributed by atoms with E-state index in [1.54, 1.807) is 12.1 Å². The van der Waals surface area contributed by atoms with Crippen molar-refractivity contribution in [3.05, 3.63) is 35.1 Å². The van der Waals surface area contributed by atoms with Crippen molar-refractivity contribution < 1.29 is 9.50 Å². The summed E-state index contributed by atoms with van der Waals surface area (Å²) in [6.07, 6.45) is 1.32. The number of halogens is 1. The van der Waals surface area contributed by atoms with Gasteiger partial charge in [0.05, 0.1) is 17.2 Å². The standard InChI is InChI=1S/C14H19FN2O/c1-3-14(18,4-2)10-17-9-12-6-5-11(8-16)7-13(12)15/h5-7,17-18H,3-4,9-10H2,1-2H3. The number of hydrogen-bond acceptors (Lipinski definition) is 3. The Hall–Kier alpha value is -1.44. The summed E-state index contributed by atoms with van der Waals surface area (Å²) in [5.41, 5.74) is 0.0849. The van der Waals surface area contributed by atoms with E-state index in [4.69, 9.17) is 5.26 Å². The van der Waals surface area contributed by atoms with Crippen LogP contribution < -0.4 is 5.32 Å². The monoisotopic (exact) mass is 250 g/mol. The Kier molecular flexibility index (Phi) is 5.26. The third kappa shape index (κ3) is 3.80. The van der Waals surface area contributed by atoms with Crippen molar-refractivity contribution in [3.8, 4) is 6.07 Å². The quantitative estimate of drug-likeness (QED) is 0.814. The van der Waals surface area contributed by atoms with Crippen molar-refractivity contribution in [3.63, 3.8) is 0 Å². The van der Waals surface area contributed by atoms with Crippen LogP contribution in [0, 0.1) is 17.1 Å². The van der Waals surface area contributed by atoms with Gasteiger partial charge in [-0.2, -0.15) is 5.26 Å². The molecule has 2 N–H and O–H groups in total. The maximum Gasteiger partial charge on any atom is 0.129 e. The molecule has 0 aliphatic heterocycles. The van der Waals surface area contributed by atoms with E-state index in [9.17, 15) is 9.50 Å². The number of nitriles is 1. The maximum absolute atomic E-state index is 13.6. The molecule has 0 saturated heterocycles. The Balaban J connectivity index is 2.57. The van der Waals surface area contributed by atoms with E-state index >= 15 is 0 Å². The fraction of sp³-hybridized carbons (Fsp3) is 0.500. The molecule has 0 spiro atoms. The first-order valence-electron chi connectivity index (χ1n) is 6.16. The van der Waals surface area contributed by atoms with E-state index in [0.29, 0.717) is 37.1 Å². The van der Waals surface area contributed by atoms with Gasteiger partial charge in [0, 0.05) is 18.7 Å². The van der Waals surface area contributed by atoms with Gasteiger partial charge in [0.15, 0.2) is 0 Å². The van der Waals surface area contributed by atoms with Crippen LogP contribution in [-0.2, 0) is 6.54 Å². The molecule has 18 heavy (non-hydrogen) atoms. The van der Waals surface area contributed by atoms with Crippen molar-refractivity contribution in [2.24, 2.45) is 0 Å². The van der Waals surface area contributed by atoms with Gasteiger partial charge < -0.3 is 10.4 Å². The Morgan fingerprint density at radius 1 is 1.39 bits per heavy atom. The van der Waals surface area contributed by atoms with Crippen LogP contribution in [0.25, 0.3) is 0 Å². The summed E-state index contributed by atoms with van der Waals surface area (Å²) in [6, 6.07) is 6.30. The predicted molar refractivity (Wildman–Crippen MR) is 68.4 cm³/mol. The molecule has 3 nitrogen and oxygen atoms in total. The van der Waals surface area contributed by atoms with Crippen LogP contribution in [0.15, 0.2) is 18.2 Å². The van der Waals surface area contributed by atoms with Crippen LogP contribution in [0.3, 0.4) is 0 Å². The molecule has 0 bridgehead atoms. The highest BCUT2D eigenvalue weighted by molar-refractivity contribution is 5.32. The second-order valence-electron chi connectivity index (χ2n) is 4.45. The molecule has 0 fully saturated rings. The highest BCUT2D eigenvalue weighted by atomic mass is 19.1. The molecule has 0 amide bonds. The molecule has 0 atom stereocenters. The first-order valence-corrected chi connectivity index (χ1v) is 6.16. The van der Waals surface area contributed by atoms with Crippen LogP contribution in [0.1, 0.15) is 37.8 Å². The number of nitrogens with zero attached hydrogens (tertiary/aromatic N) is 1. The fourth-order valence-corrected chi connectivity index (χ4v) is 1.69. The molecule has 1 aromatic rings. The molecule has 0 aliphatic carbocycles. The summed E-state index contributed by atoms with van der Waals surface area (Å²) < 4.78 is 13.6. The zero-order chi connectivity index (χ0) is 13.6. The van der Waals surface area contributed by atoms with E-state index in [-0.39, 0.29) is 0 Å². The lowest BCUT2D eigenvalue weighted by molar-refractivity contribution is 0.0322. The third-order valence-electron chi connectivity index (χ3n) is 3.27. The largest absolute Gasteiger partial charge is 0.389 e. The lowest BCUT2D eigenvalue weighted by atomic mass is 9.97. The lowest BCUT2D eigenvalue weighted by Gasteiger charge is -2.25. The first kappa shape index (κ1) is 14.6. The van der Waals surface area contributed by atoms with Crippen LogP contribution >= 0.6 is 0 Å². The summed E-state index contributed by atoms with van der Waals surface area (Å²) in [4.78, 5) is 0. The Morgan fingerprint density at radius 3 is 2.56 bits per heavy atom. The molecule has 4 heteroatoms. The van der Waals surface area contributed by atoms with Gasteiger partial charge in [-0.1, -0.05) is 19.9 Å². The summed E-state index contributed by atoms with van der Waals surface area (Å²) in [5, 5.41) is 21.7. The Bertz CT molecular complexity index is 436. The van der Waals surface area contributed by atoms with E-state index in [0.717, 1.165) is 0 Å². The zero-order valence-electron chi connectivity index (χ0n) is 10.8. The van der Waals surface area contributed by atoms with Gasteiger partial charge >= 0.3 is 0 Å². The van der Waals surface area contributed by atoms with Crippen molar-refractivity contribution in [1.29, 1.82) is 5.26 Å². The summed E-state index contributed by atoms with van der Waals surface area (Å²) >= 11 is 0. The maximum atomic E-state index is 13.6. The third-order valence-corrected chi connectivity index (χ3v) is 3.27. The molecule has 1 aromatic carbocycles. The molecule has 0 heterocycles. The number of benzene rings is 1. The van der Waals surface area contributed by atoms with Crippen LogP contribution in [0.5, 0.6) is 0 Å². The normalized spacial score (nSPS) is 11.3. The molecule has 1 rings (SSSR count). The summed E-state index contributed by atoms with van der Waals surface area (Å²) in [7, 11) is 0. The van der Waals surface area contributed by atoms with Gasteiger partial charge in [-0.15, -0.1) is 0 Å². The van der Waals surface area contributed by atoms with Crippen LogP contribution in [-0.4, -0.2) is 17.3 Å². The molecule has 98 valence electrons. The van der Waals surface area contributed by atoms with Crippen LogP contribution in [0.2, 0.25) is 0 Å². The van der Waals surface area contributed by atoms with Gasteiger partial charge in [0.1, 0.15) is 5.82 Å². The SMILES string of the molecule is CCC(O)(CC)CNCc1ccc(C#N)cc1F. The van der Waals surface area contributed by atoms with Crippen molar-refractivity contribution >= 4 is 0 Å². The highest BCUT2D eigenvalue weighted by Crippen LogP contribution is 2.14. The van der Waals surface area contributed by atoms with Gasteiger partial charge in [0.25, 0.3) is 0 Å². The molecule has 0 unspecified atom stereocenters. The van der Waals surface area contributed by atoms with E-state index in [2.05, 4.69) is 5.32 Å². The number of hydrogen-bond donors (Lipinski definition) is 2. The zero-order valence-corrected chi connectivity index (χ0v) is 10.8. The average Bonchev–Trinajstić information content (AvgIpc) is 2.40. The first-order chi connectivity index (χ1) is 8.54. The van der Waals surface area contributed by atoms with E-state index in [1.165, 1.54) is 6.07 Å². The van der Waals surface area contributed by atoms with Gasteiger partial charge in [-0.05, 0) is 25.0 Å². The van der Waals surface area contributed by atoms with E-state index in [1.807, 2.05) is 19.9 Å². The number of rotatable bonds is 6. The lowest BCUT2D eigenvalue weighted by Crippen LogP contribution is -2.39. The second kappa shape index (κ2) is 6.48. The highest BCUT2D eigenvalue weighted by Gasteiger charge is 2.21. The van der Waals surface area contributed by atoms with E-state index < -0.39 is 11.4 Å². The van der Waals surface area contributed by atoms with Crippen molar-refractivity contribution in [2.45, 2.75) is 38.8 Å². The van der Waals surface area contributed by atoms with Crippen LogP contribution in [0.4, 0.5) is 4.39 Å². The minimum atomic E-state index is -0.733. The van der Waals surface area contributed by atoms with Gasteiger partial charge in [0.2, 0.25) is 0 Å². The number of aliphatic hydroxyl groups is 1. The predicted octanol–water partition coefficient (Wildman–Crippen LogP) is 2.34. The average molecular weight is 250 g/mol. The molecule has 0 aliphatic rings. The van der Waals surface area contributed by atoms with Gasteiger partial charge in [-0.25, -0.2) is 4.39 Å². The molecule has 0 saturated carbocycles. The molecular formula is C14H19FN2O. The topological polar surface area (TPSA) is 56.0 Å².